The highest BCUT2D eigenvalue weighted by Gasteiger charge is 2.21. The van der Waals surface area contributed by atoms with Crippen LogP contribution in [0.2, 0.25) is 0 Å². The van der Waals surface area contributed by atoms with Crippen molar-refractivity contribution < 1.29 is 19.1 Å². The second-order valence-electron chi connectivity index (χ2n) is 5.52. The summed E-state index contributed by atoms with van der Waals surface area (Å²) in [7, 11) is 0. The molecule has 0 aromatic carbocycles. The summed E-state index contributed by atoms with van der Waals surface area (Å²) in [5.41, 5.74) is 0. The Labute approximate surface area is 123 Å². The van der Waals surface area contributed by atoms with Crippen molar-refractivity contribution >= 4 is 12.0 Å². The molecule has 6 heteroatoms. The Morgan fingerprint density at radius 1 is 1.29 bits per heavy atom. The third-order valence-corrected chi connectivity index (χ3v) is 4.05. The first-order valence-corrected chi connectivity index (χ1v) is 7.44. The molecule has 0 radical (unpaired) electrons. The largest absolute Gasteiger partial charge is 0.475 e. The number of carbonyl (C=O) groups excluding carboxylic acids is 1. The minimum Gasteiger partial charge on any atom is -0.475 e. The highest BCUT2D eigenvalue weighted by atomic mass is 16.4. The van der Waals surface area contributed by atoms with E-state index in [1.54, 1.807) is 6.07 Å². The first-order valence-electron chi connectivity index (χ1n) is 7.44. The van der Waals surface area contributed by atoms with Crippen LogP contribution in [-0.4, -0.2) is 23.1 Å². The molecule has 0 saturated heterocycles. The van der Waals surface area contributed by atoms with E-state index in [-0.39, 0.29) is 24.4 Å². The van der Waals surface area contributed by atoms with Crippen molar-refractivity contribution in [3.05, 3.63) is 23.7 Å². The van der Waals surface area contributed by atoms with E-state index in [1.807, 2.05) is 0 Å². The van der Waals surface area contributed by atoms with Gasteiger partial charge in [-0.15, -0.1) is 0 Å². The van der Waals surface area contributed by atoms with E-state index in [0.29, 0.717) is 5.76 Å². The van der Waals surface area contributed by atoms with Gasteiger partial charge in [0.2, 0.25) is 5.76 Å². The van der Waals surface area contributed by atoms with Gasteiger partial charge in [0.1, 0.15) is 5.76 Å². The standard InChI is InChI=1S/C15H22N2O4/c1-2-10-3-5-11(6-4-10)17-15(20)16-9-12-7-8-13(21-12)14(18)19/h7-8,10-11H,2-6,9H2,1H3,(H,18,19)(H2,16,17,20). The number of urea groups is 1. The number of hydrogen-bond acceptors (Lipinski definition) is 3. The third kappa shape index (κ3) is 4.51. The molecule has 21 heavy (non-hydrogen) atoms. The molecule has 0 aliphatic heterocycles. The number of carbonyl (C=O) groups is 2. The SMILES string of the molecule is CCC1CCC(NC(=O)NCc2ccc(C(=O)O)o2)CC1. The summed E-state index contributed by atoms with van der Waals surface area (Å²) in [4.78, 5) is 22.5. The lowest BCUT2D eigenvalue weighted by molar-refractivity contribution is 0.0660. The van der Waals surface area contributed by atoms with Crippen LogP contribution in [0.5, 0.6) is 0 Å². The van der Waals surface area contributed by atoms with Gasteiger partial charge in [0.25, 0.3) is 0 Å². The van der Waals surface area contributed by atoms with Crippen molar-refractivity contribution in [3.8, 4) is 0 Å². The van der Waals surface area contributed by atoms with Crippen molar-refractivity contribution in [2.75, 3.05) is 0 Å². The average molecular weight is 294 g/mol. The molecule has 1 aromatic rings. The van der Waals surface area contributed by atoms with Crippen LogP contribution in [0.15, 0.2) is 16.5 Å². The first-order chi connectivity index (χ1) is 10.1. The molecule has 0 bridgehead atoms. The van der Waals surface area contributed by atoms with E-state index in [0.717, 1.165) is 18.8 Å². The Bertz CT molecular complexity index is 490. The van der Waals surface area contributed by atoms with Gasteiger partial charge in [-0.05, 0) is 43.7 Å². The summed E-state index contributed by atoms with van der Waals surface area (Å²) in [5.74, 6) is -0.00982. The van der Waals surface area contributed by atoms with Crippen molar-refractivity contribution in [1.29, 1.82) is 0 Å². The molecule has 0 atom stereocenters. The lowest BCUT2D eigenvalue weighted by Gasteiger charge is -2.28. The molecule has 6 nitrogen and oxygen atoms in total. The maximum absolute atomic E-state index is 11.8. The molecule has 3 N–H and O–H groups in total. The van der Waals surface area contributed by atoms with Crippen molar-refractivity contribution in [1.82, 2.24) is 10.6 Å². The highest BCUT2D eigenvalue weighted by molar-refractivity contribution is 5.84. The van der Waals surface area contributed by atoms with Gasteiger partial charge in [-0.25, -0.2) is 9.59 Å². The molecule has 116 valence electrons. The number of aromatic carboxylic acids is 1. The summed E-state index contributed by atoms with van der Waals surface area (Å²) >= 11 is 0. The minimum absolute atomic E-state index is 0.120. The molecule has 1 aromatic heterocycles. The average Bonchev–Trinajstić information content (AvgIpc) is 2.95. The number of carboxylic acids is 1. The van der Waals surface area contributed by atoms with Crippen LogP contribution in [0.25, 0.3) is 0 Å². The zero-order valence-electron chi connectivity index (χ0n) is 12.2. The monoisotopic (exact) mass is 294 g/mol. The third-order valence-electron chi connectivity index (χ3n) is 4.05. The molecule has 0 unspecified atom stereocenters. The van der Waals surface area contributed by atoms with Crippen LogP contribution in [0.1, 0.15) is 55.3 Å². The minimum atomic E-state index is -1.11. The van der Waals surface area contributed by atoms with Crippen molar-refractivity contribution in [3.63, 3.8) is 0 Å². The molecule has 1 heterocycles. The molecular formula is C15H22N2O4. The van der Waals surface area contributed by atoms with Gasteiger partial charge in [0.05, 0.1) is 6.54 Å². The smallest absolute Gasteiger partial charge is 0.371 e. The Balaban J connectivity index is 1.71. The summed E-state index contributed by atoms with van der Waals surface area (Å²) in [6, 6.07) is 2.93. The van der Waals surface area contributed by atoms with Crippen LogP contribution < -0.4 is 10.6 Å². The lowest BCUT2D eigenvalue weighted by atomic mass is 9.85. The maximum Gasteiger partial charge on any atom is 0.371 e. The summed E-state index contributed by atoms with van der Waals surface area (Å²) in [5, 5.41) is 14.4. The molecular weight excluding hydrogens is 272 g/mol. The fraction of sp³-hybridized carbons (Fsp3) is 0.600. The van der Waals surface area contributed by atoms with E-state index in [2.05, 4.69) is 17.6 Å². The molecule has 2 amide bonds. The molecule has 1 aliphatic rings. The Kier molecular flexibility index (Phi) is 5.25. The normalized spacial score (nSPS) is 21.8. The van der Waals surface area contributed by atoms with E-state index >= 15 is 0 Å². The first kappa shape index (κ1) is 15.4. The predicted octanol–water partition coefficient (Wildman–Crippen LogP) is 2.75. The topological polar surface area (TPSA) is 91.6 Å². The van der Waals surface area contributed by atoms with E-state index in [1.165, 1.54) is 25.3 Å². The number of rotatable bonds is 5. The lowest BCUT2D eigenvalue weighted by Crippen LogP contribution is -2.43. The number of furan rings is 1. The maximum atomic E-state index is 11.8. The fourth-order valence-electron chi connectivity index (χ4n) is 2.71. The van der Waals surface area contributed by atoms with E-state index < -0.39 is 5.97 Å². The zero-order chi connectivity index (χ0) is 15.2. The van der Waals surface area contributed by atoms with Crippen LogP contribution in [0.3, 0.4) is 0 Å². The van der Waals surface area contributed by atoms with Gasteiger partial charge in [-0.1, -0.05) is 13.3 Å². The second-order valence-corrected chi connectivity index (χ2v) is 5.52. The summed E-state index contributed by atoms with van der Waals surface area (Å²) < 4.78 is 5.07. The van der Waals surface area contributed by atoms with Gasteiger partial charge in [0.15, 0.2) is 0 Å². The van der Waals surface area contributed by atoms with E-state index in [4.69, 9.17) is 9.52 Å². The zero-order valence-corrected chi connectivity index (χ0v) is 12.2. The molecule has 1 fully saturated rings. The molecule has 1 aliphatic carbocycles. The highest BCUT2D eigenvalue weighted by Crippen LogP contribution is 2.26. The quantitative estimate of drug-likeness (QED) is 0.778. The molecule has 0 spiro atoms. The Morgan fingerprint density at radius 3 is 2.57 bits per heavy atom. The van der Waals surface area contributed by atoms with Crippen LogP contribution in [0, 0.1) is 5.92 Å². The van der Waals surface area contributed by atoms with Gasteiger partial charge in [-0.2, -0.15) is 0 Å². The predicted molar refractivity (Wildman–Crippen MR) is 77.1 cm³/mol. The van der Waals surface area contributed by atoms with Crippen molar-refractivity contribution in [2.24, 2.45) is 5.92 Å². The van der Waals surface area contributed by atoms with Gasteiger partial charge >= 0.3 is 12.0 Å². The number of amides is 2. The second kappa shape index (κ2) is 7.15. The number of carboxylic acid groups (broad SMARTS) is 1. The van der Waals surface area contributed by atoms with Crippen LogP contribution >= 0.6 is 0 Å². The molecule has 1 saturated carbocycles. The van der Waals surface area contributed by atoms with Gasteiger partial charge in [-0.3, -0.25) is 0 Å². The number of hydrogen-bond donors (Lipinski definition) is 3. The Hall–Kier alpha value is -1.98. The van der Waals surface area contributed by atoms with Crippen LogP contribution in [-0.2, 0) is 6.54 Å². The van der Waals surface area contributed by atoms with Crippen molar-refractivity contribution in [2.45, 2.75) is 51.6 Å². The molecule has 2 rings (SSSR count). The number of nitrogens with one attached hydrogen (secondary N) is 2. The fourth-order valence-corrected chi connectivity index (χ4v) is 2.71. The summed E-state index contributed by atoms with van der Waals surface area (Å²) in [6.07, 6.45) is 5.60. The van der Waals surface area contributed by atoms with Gasteiger partial charge in [0, 0.05) is 6.04 Å². The van der Waals surface area contributed by atoms with Crippen LogP contribution in [0.4, 0.5) is 4.79 Å². The van der Waals surface area contributed by atoms with E-state index in [9.17, 15) is 9.59 Å². The summed E-state index contributed by atoms with van der Waals surface area (Å²) in [6.45, 7) is 2.39. The Morgan fingerprint density at radius 2 is 2.00 bits per heavy atom. The van der Waals surface area contributed by atoms with Gasteiger partial charge < -0.3 is 20.2 Å².